The molecule has 0 unspecified atom stereocenters. The van der Waals surface area contributed by atoms with Crippen LogP contribution in [-0.4, -0.2) is 94.2 Å². The van der Waals surface area contributed by atoms with Crippen molar-refractivity contribution in [1.29, 1.82) is 0 Å². The highest BCUT2D eigenvalue weighted by atomic mass is 32.1. The summed E-state index contributed by atoms with van der Waals surface area (Å²) in [4.78, 5) is 82.5. The zero-order valence-electron chi connectivity index (χ0n) is 32.8. The molecule has 0 fully saturated rings. The number of carbonyl (C=O) groups excluding carboxylic acids is 5. The lowest BCUT2D eigenvalue weighted by atomic mass is 9.99. The summed E-state index contributed by atoms with van der Waals surface area (Å²) in [5.74, 6) is -5.02. The van der Waals surface area contributed by atoms with Crippen LogP contribution in [0.1, 0.15) is 21.6 Å². The summed E-state index contributed by atoms with van der Waals surface area (Å²) in [7, 11) is 0. The molecule has 15 nitrogen and oxygen atoms in total. The number of rotatable bonds is 11. The number of fused-ring (bicyclic) bond motifs is 16. The van der Waals surface area contributed by atoms with Gasteiger partial charge in [0.15, 0.2) is 6.61 Å². The molecule has 5 atom stereocenters. The minimum Gasteiger partial charge on any atom is -0.508 e. The number of aromatic hydroxyl groups is 1. The highest BCUT2D eigenvalue weighted by molar-refractivity contribution is 7.09. The third-order valence-electron chi connectivity index (χ3n) is 9.94. The van der Waals surface area contributed by atoms with Gasteiger partial charge < -0.3 is 46.6 Å². The van der Waals surface area contributed by atoms with Gasteiger partial charge in [0, 0.05) is 30.6 Å². The Labute approximate surface area is 355 Å². The number of ether oxygens (including phenoxy) is 1. The normalized spacial score (nSPS) is 19.4. The average Bonchev–Trinajstić information content (AvgIpc) is 3.78. The molecule has 7 rings (SSSR count). The monoisotopic (exact) mass is 847 g/mol. The van der Waals surface area contributed by atoms with Crippen molar-refractivity contribution in [2.24, 2.45) is 0 Å². The van der Waals surface area contributed by atoms with Gasteiger partial charge in [-0.25, -0.2) is 4.79 Å². The first-order valence-corrected chi connectivity index (χ1v) is 20.3. The van der Waals surface area contributed by atoms with Crippen molar-refractivity contribution in [1.82, 2.24) is 26.6 Å². The fourth-order valence-corrected chi connectivity index (χ4v) is 7.40. The van der Waals surface area contributed by atoms with E-state index in [4.69, 9.17) is 4.74 Å². The van der Waals surface area contributed by atoms with Gasteiger partial charge in [-0.1, -0.05) is 84.9 Å². The second-order valence-electron chi connectivity index (χ2n) is 14.4. The molecule has 16 heteroatoms. The Bertz CT molecular complexity index is 2290. The molecule has 0 saturated carbocycles. The van der Waals surface area contributed by atoms with E-state index in [0.29, 0.717) is 16.7 Å². The maximum atomic E-state index is 14.5. The van der Waals surface area contributed by atoms with Gasteiger partial charge in [0.25, 0.3) is 5.91 Å². The van der Waals surface area contributed by atoms with Crippen LogP contribution in [-0.2, 0) is 54.5 Å². The number of phenolic OH excluding ortho intramolecular Hbond substituents is 1. The van der Waals surface area contributed by atoms with E-state index in [1.807, 2.05) is 72.1 Å². The number of phenols is 1. The lowest BCUT2D eigenvalue weighted by Gasteiger charge is -2.27. The Kier molecular flexibility index (Phi) is 14.8. The van der Waals surface area contributed by atoms with Gasteiger partial charge >= 0.3 is 5.97 Å². The van der Waals surface area contributed by atoms with E-state index in [1.54, 1.807) is 36.4 Å². The molecule has 5 amide bonds. The van der Waals surface area contributed by atoms with E-state index >= 15 is 0 Å². The van der Waals surface area contributed by atoms with Gasteiger partial charge in [-0.2, -0.15) is 0 Å². The molecule has 0 radical (unpaired) electrons. The van der Waals surface area contributed by atoms with E-state index in [1.165, 1.54) is 23.5 Å². The maximum Gasteiger partial charge on any atom is 0.328 e. The van der Waals surface area contributed by atoms with Gasteiger partial charge in [0.2, 0.25) is 23.6 Å². The zero-order valence-corrected chi connectivity index (χ0v) is 33.6. The van der Waals surface area contributed by atoms with Gasteiger partial charge in [-0.05, 0) is 63.5 Å². The Morgan fingerprint density at radius 3 is 1.84 bits per heavy atom. The van der Waals surface area contributed by atoms with Crippen LogP contribution in [0.4, 0.5) is 0 Å². The largest absolute Gasteiger partial charge is 0.508 e. The lowest BCUT2D eigenvalue weighted by Crippen LogP contribution is -2.60. The molecule has 2 bridgehead atoms. The van der Waals surface area contributed by atoms with Crippen molar-refractivity contribution in [3.05, 3.63) is 142 Å². The van der Waals surface area contributed by atoms with Crippen LogP contribution in [0.3, 0.4) is 0 Å². The summed E-state index contributed by atoms with van der Waals surface area (Å²) in [6.07, 6.45) is -0.202. The molecule has 0 saturated heterocycles. The lowest BCUT2D eigenvalue weighted by molar-refractivity contribution is -0.143. The number of carbonyl (C=O) groups is 6. The van der Waals surface area contributed by atoms with Crippen molar-refractivity contribution in [3.63, 3.8) is 0 Å². The van der Waals surface area contributed by atoms with Crippen LogP contribution in [0.5, 0.6) is 11.5 Å². The highest BCUT2D eigenvalue weighted by Gasteiger charge is 2.33. The number of hydrogen-bond acceptors (Lipinski definition) is 10. The van der Waals surface area contributed by atoms with Crippen molar-refractivity contribution < 1.29 is 48.8 Å². The van der Waals surface area contributed by atoms with Crippen LogP contribution in [0.15, 0.2) is 121 Å². The molecule has 316 valence electrons. The minimum absolute atomic E-state index is 0.0281. The molecule has 61 heavy (non-hydrogen) atoms. The highest BCUT2D eigenvalue weighted by Crippen LogP contribution is 2.21. The number of hydrogen-bond donors (Lipinski definition) is 8. The van der Waals surface area contributed by atoms with Gasteiger partial charge in [0.05, 0.1) is 6.61 Å². The molecular weight excluding hydrogens is 803 g/mol. The van der Waals surface area contributed by atoms with Crippen LogP contribution >= 0.6 is 11.3 Å². The zero-order chi connectivity index (χ0) is 43.3. The molecular formula is C45H45N5O10S. The Balaban J connectivity index is 1.37. The smallest absolute Gasteiger partial charge is 0.328 e. The first kappa shape index (κ1) is 43.5. The number of thiophene rings is 1. The van der Waals surface area contributed by atoms with E-state index in [9.17, 15) is 44.1 Å². The third kappa shape index (κ3) is 12.5. The number of benzene rings is 4. The van der Waals surface area contributed by atoms with E-state index in [-0.39, 0.29) is 37.2 Å². The number of carboxylic acids is 1. The molecule has 0 spiro atoms. The van der Waals surface area contributed by atoms with Crippen molar-refractivity contribution >= 4 is 46.8 Å². The molecule has 3 heterocycles. The van der Waals surface area contributed by atoms with E-state index in [0.717, 1.165) is 16.0 Å². The molecule has 2 aliphatic rings. The number of aliphatic hydroxyl groups excluding tert-OH is 1. The quantitative estimate of drug-likeness (QED) is 0.0905. The fraction of sp³-hybridized carbons (Fsp3) is 0.244. The molecule has 8 N–H and O–H groups in total. The Morgan fingerprint density at radius 2 is 1.26 bits per heavy atom. The van der Waals surface area contributed by atoms with Crippen LogP contribution < -0.4 is 31.3 Å². The topological polar surface area (TPSA) is 232 Å². The van der Waals surface area contributed by atoms with Crippen LogP contribution in [0.25, 0.3) is 11.1 Å². The first-order chi connectivity index (χ1) is 29.4. The summed E-state index contributed by atoms with van der Waals surface area (Å²) in [5, 5.41) is 44.2. The predicted molar refractivity (Wildman–Crippen MR) is 225 cm³/mol. The Hall–Kier alpha value is -7.04. The number of aliphatic hydroxyl groups is 1. The Morgan fingerprint density at radius 1 is 0.689 bits per heavy atom. The average molecular weight is 848 g/mol. The summed E-state index contributed by atoms with van der Waals surface area (Å²) in [5.41, 5.74) is 3.60. The number of nitrogens with one attached hydrogen (secondary N) is 5. The van der Waals surface area contributed by atoms with Gasteiger partial charge in [0.1, 0.15) is 41.7 Å². The van der Waals surface area contributed by atoms with Gasteiger partial charge in [-0.3, -0.25) is 24.0 Å². The first-order valence-electron chi connectivity index (χ1n) is 19.4. The second kappa shape index (κ2) is 20.8. The molecule has 2 aliphatic heterocycles. The second-order valence-corrected chi connectivity index (χ2v) is 15.5. The molecule has 0 aliphatic carbocycles. The van der Waals surface area contributed by atoms with Crippen LogP contribution in [0.2, 0.25) is 0 Å². The SMILES string of the molecule is O=C1COc2ccc(cc2)C[C@@H](C(=O)N[C@@H](CO)C(=O)O)NC(=O)[C@H](Cc2ccc(O)cc2)NC(=O)[C@@H](Cc2ccc(-c3ccccc3)cc2)NC(=O)[C@H](Cc2cccs2)N1. The maximum absolute atomic E-state index is 14.5. The van der Waals surface area contributed by atoms with E-state index in [2.05, 4.69) is 26.6 Å². The standard InChI is InChI=1S/C45H45N5O10S/c51-25-39(45(58)59)50-43(56)37-23-29-12-18-33(19-13-29)60-26-40(53)46-38(24-34-7-4-20-61-34)44(57)49-35(21-27-8-14-31(15-9-27)30-5-2-1-3-6-30)41(54)47-36(42(55)48-37)22-28-10-16-32(52)17-11-28/h1-20,35-39,51-52H,21-26H2,(H,46,53)(H,47,54)(H,48,55)(H,49,57)(H,50,56)(H,58,59)/t35-,36+,37+,38+,39+/m1/s1. The van der Waals surface area contributed by atoms with Crippen molar-refractivity contribution in [2.75, 3.05) is 13.2 Å². The predicted octanol–water partition coefficient (Wildman–Crippen LogP) is 2.28. The molecule has 1 aromatic heterocycles. The summed E-state index contributed by atoms with van der Waals surface area (Å²) >= 11 is 1.39. The molecule has 5 aromatic rings. The number of carboxylic acid groups (broad SMARTS) is 1. The van der Waals surface area contributed by atoms with Crippen molar-refractivity contribution in [2.45, 2.75) is 55.9 Å². The number of amides is 5. The summed E-state index contributed by atoms with van der Waals surface area (Å²) in [6.45, 7) is -1.37. The third-order valence-corrected chi connectivity index (χ3v) is 10.8. The summed E-state index contributed by atoms with van der Waals surface area (Å²) in [6, 6.07) is 26.1. The summed E-state index contributed by atoms with van der Waals surface area (Å²) < 4.78 is 5.71. The minimum atomic E-state index is -1.68. The number of aliphatic carboxylic acids is 1. The van der Waals surface area contributed by atoms with Gasteiger partial charge in [-0.15, -0.1) is 11.3 Å². The van der Waals surface area contributed by atoms with E-state index < -0.39 is 78.9 Å². The molecule has 4 aromatic carbocycles. The van der Waals surface area contributed by atoms with Crippen LogP contribution in [0, 0.1) is 0 Å². The fourth-order valence-electron chi connectivity index (χ4n) is 6.65. The van der Waals surface area contributed by atoms with Crippen molar-refractivity contribution in [3.8, 4) is 22.6 Å².